The standard InChI is InChI=1S/C33H29ClN4O6S/c1-3-30(33(41)36-24-14-17-29(44-2)27(34)20-24)45-26-11-7-10-23(19-26)35-32(40)28(37-31(39)22-8-5-4-6-9-22)18-21-12-15-25(16-13-21)38(42)43/h4-20,30H,3H2,1-2H3,(H,35,40)(H,36,41)(H,37,39)/b28-18+. The molecule has 4 aromatic rings. The van der Waals surface area contributed by atoms with Gasteiger partial charge in [0.25, 0.3) is 17.5 Å². The SMILES string of the molecule is CCC(Sc1cccc(NC(=O)/C(=C\c2ccc([N+](=O)[O-])cc2)NC(=O)c2ccccc2)c1)C(=O)Nc1ccc(OC)c(Cl)c1. The summed E-state index contributed by atoms with van der Waals surface area (Å²) in [6.45, 7) is 1.90. The molecule has 0 aliphatic carbocycles. The van der Waals surface area contributed by atoms with Gasteiger partial charge in [-0.2, -0.15) is 0 Å². The average molecular weight is 645 g/mol. The van der Waals surface area contributed by atoms with Crippen molar-refractivity contribution >= 4 is 64.2 Å². The highest BCUT2D eigenvalue weighted by atomic mass is 35.5. The van der Waals surface area contributed by atoms with Crippen molar-refractivity contribution in [2.24, 2.45) is 0 Å². The molecular weight excluding hydrogens is 616 g/mol. The van der Waals surface area contributed by atoms with Crippen LogP contribution >= 0.6 is 23.4 Å². The van der Waals surface area contributed by atoms with Gasteiger partial charge >= 0.3 is 0 Å². The number of nitrogens with one attached hydrogen (secondary N) is 3. The molecule has 0 fully saturated rings. The van der Waals surface area contributed by atoms with E-state index in [2.05, 4.69) is 16.0 Å². The zero-order valence-electron chi connectivity index (χ0n) is 24.3. The van der Waals surface area contributed by atoms with Gasteiger partial charge in [-0.15, -0.1) is 11.8 Å². The van der Waals surface area contributed by atoms with Crippen LogP contribution in [0.4, 0.5) is 17.1 Å². The number of nitro groups is 1. The van der Waals surface area contributed by atoms with Gasteiger partial charge in [-0.3, -0.25) is 24.5 Å². The number of anilines is 2. The molecule has 0 spiro atoms. The average Bonchev–Trinajstić information content (AvgIpc) is 3.04. The van der Waals surface area contributed by atoms with Gasteiger partial charge in [0.2, 0.25) is 5.91 Å². The minimum atomic E-state index is -0.610. The number of thioether (sulfide) groups is 1. The van der Waals surface area contributed by atoms with Gasteiger partial charge in [0, 0.05) is 34.0 Å². The molecule has 0 heterocycles. The van der Waals surface area contributed by atoms with Gasteiger partial charge < -0.3 is 20.7 Å². The van der Waals surface area contributed by atoms with Gasteiger partial charge in [-0.25, -0.2) is 0 Å². The van der Waals surface area contributed by atoms with Crippen LogP contribution in [0.15, 0.2) is 108 Å². The first kappa shape index (κ1) is 32.8. The van der Waals surface area contributed by atoms with E-state index in [1.165, 1.54) is 49.2 Å². The van der Waals surface area contributed by atoms with E-state index < -0.39 is 22.0 Å². The third-order valence-corrected chi connectivity index (χ3v) is 8.05. The van der Waals surface area contributed by atoms with Gasteiger partial charge in [-0.05, 0) is 78.7 Å². The second-order valence-electron chi connectivity index (χ2n) is 9.56. The number of nitro benzene ring substituents is 1. The fourth-order valence-corrected chi connectivity index (χ4v) is 5.37. The molecule has 3 amide bonds. The van der Waals surface area contributed by atoms with Crippen LogP contribution in [0.5, 0.6) is 5.75 Å². The van der Waals surface area contributed by atoms with Gasteiger partial charge in [0.1, 0.15) is 11.4 Å². The van der Waals surface area contributed by atoms with Crippen LogP contribution in [0.3, 0.4) is 0 Å². The molecule has 4 aromatic carbocycles. The number of carbonyl (C=O) groups excluding carboxylic acids is 3. The highest BCUT2D eigenvalue weighted by molar-refractivity contribution is 8.00. The number of hydrogen-bond acceptors (Lipinski definition) is 7. The summed E-state index contributed by atoms with van der Waals surface area (Å²) >= 11 is 7.52. The number of benzene rings is 4. The summed E-state index contributed by atoms with van der Waals surface area (Å²) in [6, 6.07) is 25.9. The Kier molecular flexibility index (Phi) is 11.3. The van der Waals surface area contributed by atoms with Crippen molar-refractivity contribution in [3.05, 3.63) is 129 Å². The quantitative estimate of drug-likeness (QED) is 0.0642. The monoisotopic (exact) mass is 644 g/mol. The minimum absolute atomic E-state index is 0.0697. The summed E-state index contributed by atoms with van der Waals surface area (Å²) in [4.78, 5) is 50.7. The highest BCUT2D eigenvalue weighted by Gasteiger charge is 2.20. The van der Waals surface area contributed by atoms with Gasteiger partial charge in [0.15, 0.2) is 0 Å². The first-order valence-electron chi connectivity index (χ1n) is 13.7. The van der Waals surface area contributed by atoms with Crippen molar-refractivity contribution < 1.29 is 24.0 Å². The zero-order valence-corrected chi connectivity index (χ0v) is 25.9. The van der Waals surface area contributed by atoms with E-state index in [4.69, 9.17) is 16.3 Å². The Balaban J connectivity index is 1.50. The largest absolute Gasteiger partial charge is 0.495 e. The van der Waals surface area contributed by atoms with E-state index in [9.17, 15) is 24.5 Å². The number of rotatable bonds is 12. The molecule has 45 heavy (non-hydrogen) atoms. The molecule has 0 saturated heterocycles. The molecule has 0 aliphatic heterocycles. The molecule has 0 aliphatic rings. The van der Waals surface area contributed by atoms with Crippen molar-refractivity contribution in [3.8, 4) is 5.75 Å². The van der Waals surface area contributed by atoms with Crippen LogP contribution in [-0.4, -0.2) is 35.0 Å². The molecule has 10 nitrogen and oxygen atoms in total. The molecule has 0 saturated carbocycles. The first-order valence-corrected chi connectivity index (χ1v) is 15.0. The molecule has 4 rings (SSSR count). The number of nitrogens with zero attached hydrogens (tertiary/aromatic N) is 1. The Bertz CT molecular complexity index is 1730. The number of hydrogen-bond donors (Lipinski definition) is 3. The first-order chi connectivity index (χ1) is 21.7. The Morgan fingerprint density at radius 1 is 0.933 bits per heavy atom. The molecule has 1 unspecified atom stereocenters. The van der Waals surface area contributed by atoms with Crippen LogP contribution in [0, 0.1) is 10.1 Å². The molecule has 1 atom stereocenters. The lowest BCUT2D eigenvalue weighted by Crippen LogP contribution is -2.30. The second-order valence-corrected chi connectivity index (χ2v) is 11.2. The maximum atomic E-state index is 13.4. The summed E-state index contributed by atoms with van der Waals surface area (Å²) in [5.74, 6) is -0.824. The predicted octanol–water partition coefficient (Wildman–Crippen LogP) is 7.18. The normalized spacial score (nSPS) is 11.7. The lowest BCUT2D eigenvalue weighted by atomic mass is 10.1. The van der Waals surface area contributed by atoms with E-state index in [0.29, 0.717) is 39.7 Å². The molecule has 3 N–H and O–H groups in total. The van der Waals surface area contributed by atoms with Crippen LogP contribution in [0.25, 0.3) is 6.08 Å². The fraction of sp³-hybridized carbons (Fsp3) is 0.121. The van der Waals surface area contributed by atoms with Crippen LogP contribution < -0.4 is 20.7 Å². The molecule has 0 aromatic heterocycles. The van der Waals surface area contributed by atoms with E-state index in [-0.39, 0.29) is 17.3 Å². The maximum Gasteiger partial charge on any atom is 0.272 e. The summed E-state index contributed by atoms with van der Waals surface area (Å²) in [6.07, 6.45) is 1.96. The second kappa shape index (κ2) is 15.6. The van der Waals surface area contributed by atoms with E-state index >= 15 is 0 Å². The lowest BCUT2D eigenvalue weighted by Gasteiger charge is -2.16. The van der Waals surface area contributed by atoms with Crippen molar-refractivity contribution in [1.29, 1.82) is 0 Å². The van der Waals surface area contributed by atoms with Gasteiger partial charge in [0.05, 0.1) is 22.3 Å². The Hall–Kier alpha value is -5.13. The molecule has 12 heteroatoms. The number of carbonyl (C=O) groups is 3. The van der Waals surface area contributed by atoms with Crippen LogP contribution in [-0.2, 0) is 9.59 Å². The smallest absolute Gasteiger partial charge is 0.272 e. The summed E-state index contributed by atoms with van der Waals surface area (Å²) in [7, 11) is 1.51. The van der Waals surface area contributed by atoms with Crippen molar-refractivity contribution in [1.82, 2.24) is 5.32 Å². The number of methoxy groups -OCH3 is 1. The molecule has 0 radical (unpaired) electrons. The number of halogens is 1. The van der Waals surface area contributed by atoms with Crippen molar-refractivity contribution in [2.45, 2.75) is 23.5 Å². The lowest BCUT2D eigenvalue weighted by molar-refractivity contribution is -0.384. The fourth-order valence-electron chi connectivity index (χ4n) is 4.10. The van der Waals surface area contributed by atoms with E-state index in [1.807, 2.05) is 13.0 Å². The van der Waals surface area contributed by atoms with Crippen molar-refractivity contribution in [3.63, 3.8) is 0 Å². The van der Waals surface area contributed by atoms with Gasteiger partial charge in [-0.1, -0.05) is 42.8 Å². The number of non-ortho nitro benzene ring substituents is 1. The third-order valence-electron chi connectivity index (χ3n) is 6.40. The molecular formula is C33H29ClN4O6S. The topological polar surface area (TPSA) is 140 Å². The van der Waals surface area contributed by atoms with Crippen LogP contribution in [0.2, 0.25) is 5.02 Å². The van der Waals surface area contributed by atoms with E-state index in [1.54, 1.807) is 66.7 Å². The van der Waals surface area contributed by atoms with Crippen LogP contribution in [0.1, 0.15) is 29.3 Å². The predicted molar refractivity (Wildman–Crippen MR) is 177 cm³/mol. The molecule has 230 valence electrons. The Morgan fingerprint density at radius 2 is 1.64 bits per heavy atom. The summed E-state index contributed by atoms with van der Waals surface area (Å²) in [5.41, 5.74) is 1.62. The Morgan fingerprint density at radius 3 is 2.29 bits per heavy atom. The van der Waals surface area contributed by atoms with Crippen molar-refractivity contribution in [2.75, 3.05) is 17.7 Å². The third kappa shape index (κ3) is 9.18. The molecule has 0 bridgehead atoms. The summed E-state index contributed by atoms with van der Waals surface area (Å²) < 4.78 is 5.16. The zero-order chi connectivity index (χ0) is 32.3. The highest BCUT2D eigenvalue weighted by Crippen LogP contribution is 2.31. The minimum Gasteiger partial charge on any atom is -0.495 e. The maximum absolute atomic E-state index is 13.4. The number of ether oxygens (including phenoxy) is 1. The number of amides is 3. The Labute approximate surface area is 269 Å². The van der Waals surface area contributed by atoms with E-state index in [0.717, 1.165) is 4.90 Å². The summed E-state index contributed by atoms with van der Waals surface area (Å²) in [5, 5.41) is 19.3.